The highest BCUT2D eigenvalue weighted by Gasteiger charge is 2.18. The minimum Gasteiger partial charge on any atom is -0.466 e. The molecule has 0 saturated carbocycles. The number of hydrogen-bond acceptors (Lipinski definition) is 5. The standard InChI is InChI=1S/C57H109NO5/c1-3-5-7-9-11-13-15-17-18-23-27-31-35-39-43-47-51-57(62)63-52-48-44-40-36-32-28-24-21-19-20-22-26-30-34-38-42-46-50-56(61)58-54(53-59)55(60)49-45-41-37-33-29-25-16-14-12-10-8-6-4-2/h18,23,45,49,54-55,59-60H,3-17,19-22,24-44,46-48,50-53H2,1-2H3,(H,58,61)/b23-18-,49-45+. The Morgan fingerprint density at radius 2 is 0.746 bits per heavy atom. The molecule has 0 radical (unpaired) electrons. The first-order valence-electron chi connectivity index (χ1n) is 28.1. The van der Waals surface area contributed by atoms with Gasteiger partial charge in [-0.1, -0.05) is 256 Å². The summed E-state index contributed by atoms with van der Waals surface area (Å²) in [6.45, 7) is 4.89. The van der Waals surface area contributed by atoms with Crippen molar-refractivity contribution in [1.29, 1.82) is 0 Å². The predicted molar refractivity (Wildman–Crippen MR) is 273 cm³/mol. The number of aliphatic hydroxyl groups excluding tert-OH is 2. The van der Waals surface area contributed by atoms with Gasteiger partial charge < -0.3 is 20.3 Å². The fourth-order valence-electron chi connectivity index (χ4n) is 8.63. The Morgan fingerprint density at radius 1 is 0.429 bits per heavy atom. The molecule has 0 bridgehead atoms. The fourth-order valence-corrected chi connectivity index (χ4v) is 8.63. The molecule has 63 heavy (non-hydrogen) atoms. The summed E-state index contributed by atoms with van der Waals surface area (Å²) in [6.07, 6.45) is 63.3. The van der Waals surface area contributed by atoms with Gasteiger partial charge in [0.25, 0.3) is 0 Å². The van der Waals surface area contributed by atoms with Crippen LogP contribution in [0.5, 0.6) is 0 Å². The number of esters is 1. The van der Waals surface area contributed by atoms with Crippen LogP contribution in [-0.4, -0.2) is 47.4 Å². The summed E-state index contributed by atoms with van der Waals surface area (Å²) in [7, 11) is 0. The minimum atomic E-state index is -0.847. The van der Waals surface area contributed by atoms with Crippen LogP contribution in [0.4, 0.5) is 0 Å². The highest BCUT2D eigenvalue weighted by molar-refractivity contribution is 5.76. The lowest BCUT2D eigenvalue weighted by Crippen LogP contribution is -2.45. The first-order chi connectivity index (χ1) is 31.0. The van der Waals surface area contributed by atoms with E-state index in [9.17, 15) is 19.8 Å². The van der Waals surface area contributed by atoms with Gasteiger partial charge in [0, 0.05) is 12.8 Å². The monoisotopic (exact) mass is 888 g/mol. The average Bonchev–Trinajstić information content (AvgIpc) is 3.28. The van der Waals surface area contributed by atoms with E-state index < -0.39 is 12.1 Å². The molecular formula is C57H109NO5. The van der Waals surface area contributed by atoms with Crippen LogP contribution < -0.4 is 5.32 Å². The van der Waals surface area contributed by atoms with E-state index in [1.165, 1.54) is 231 Å². The van der Waals surface area contributed by atoms with Crippen molar-refractivity contribution in [2.45, 2.75) is 315 Å². The normalized spacial score (nSPS) is 12.8. The van der Waals surface area contributed by atoms with Crippen LogP contribution in [0.15, 0.2) is 24.3 Å². The second-order valence-corrected chi connectivity index (χ2v) is 19.3. The molecule has 0 spiro atoms. The molecule has 2 atom stereocenters. The van der Waals surface area contributed by atoms with Crippen molar-refractivity contribution >= 4 is 11.9 Å². The Hall–Kier alpha value is -1.66. The Morgan fingerprint density at radius 3 is 1.13 bits per heavy atom. The van der Waals surface area contributed by atoms with Gasteiger partial charge in [-0.3, -0.25) is 9.59 Å². The lowest BCUT2D eigenvalue weighted by Gasteiger charge is -2.20. The van der Waals surface area contributed by atoms with Gasteiger partial charge >= 0.3 is 5.97 Å². The molecule has 0 aromatic heterocycles. The molecule has 2 unspecified atom stereocenters. The number of carbonyl (C=O) groups is 2. The number of rotatable bonds is 52. The highest BCUT2D eigenvalue weighted by atomic mass is 16.5. The third kappa shape index (κ3) is 49.6. The van der Waals surface area contributed by atoms with Crippen molar-refractivity contribution in [3.05, 3.63) is 24.3 Å². The highest BCUT2D eigenvalue weighted by Crippen LogP contribution is 2.16. The zero-order chi connectivity index (χ0) is 45.8. The maximum absolute atomic E-state index is 12.4. The molecule has 0 rings (SSSR count). The molecule has 0 heterocycles. The van der Waals surface area contributed by atoms with E-state index in [1.807, 2.05) is 6.08 Å². The van der Waals surface area contributed by atoms with Gasteiger partial charge in [0.05, 0.1) is 25.4 Å². The maximum atomic E-state index is 12.4. The van der Waals surface area contributed by atoms with Crippen molar-refractivity contribution in [2.24, 2.45) is 0 Å². The van der Waals surface area contributed by atoms with Crippen molar-refractivity contribution < 1.29 is 24.5 Å². The predicted octanol–water partition coefficient (Wildman–Crippen LogP) is 17.1. The number of ether oxygens (including phenoxy) is 1. The number of nitrogens with one attached hydrogen (secondary N) is 1. The van der Waals surface area contributed by atoms with Gasteiger partial charge in [-0.05, 0) is 57.8 Å². The number of allylic oxidation sites excluding steroid dienone is 3. The molecule has 0 aliphatic carbocycles. The zero-order valence-corrected chi connectivity index (χ0v) is 42.3. The lowest BCUT2D eigenvalue weighted by molar-refractivity contribution is -0.143. The Balaban J connectivity index is 3.43. The molecule has 0 aromatic carbocycles. The summed E-state index contributed by atoms with van der Waals surface area (Å²) in [5.41, 5.74) is 0. The number of unbranched alkanes of at least 4 members (excludes halogenated alkanes) is 39. The van der Waals surface area contributed by atoms with E-state index in [0.29, 0.717) is 19.4 Å². The van der Waals surface area contributed by atoms with Crippen molar-refractivity contribution in [1.82, 2.24) is 5.32 Å². The van der Waals surface area contributed by atoms with E-state index in [4.69, 9.17) is 4.74 Å². The summed E-state index contributed by atoms with van der Waals surface area (Å²) in [5, 5.41) is 23.0. The van der Waals surface area contributed by atoms with Crippen molar-refractivity contribution in [3.63, 3.8) is 0 Å². The quantitative estimate of drug-likeness (QED) is 0.0321. The molecule has 372 valence electrons. The van der Waals surface area contributed by atoms with Gasteiger partial charge in [0.15, 0.2) is 0 Å². The molecule has 6 nitrogen and oxygen atoms in total. The van der Waals surface area contributed by atoms with Gasteiger partial charge in [0.1, 0.15) is 0 Å². The van der Waals surface area contributed by atoms with Gasteiger partial charge in [-0.15, -0.1) is 0 Å². The molecule has 0 saturated heterocycles. The molecular weight excluding hydrogens is 779 g/mol. The summed E-state index contributed by atoms with van der Waals surface area (Å²) < 4.78 is 5.48. The lowest BCUT2D eigenvalue weighted by atomic mass is 10.0. The summed E-state index contributed by atoms with van der Waals surface area (Å²) in [5.74, 6) is -0.0762. The van der Waals surface area contributed by atoms with E-state index in [1.54, 1.807) is 6.08 Å². The van der Waals surface area contributed by atoms with Crippen LogP contribution in [0.1, 0.15) is 303 Å². The Labute approximate surface area is 392 Å². The third-order valence-electron chi connectivity index (χ3n) is 13.0. The van der Waals surface area contributed by atoms with Gasteiger partial charge in [-0.25, -0.2) is 0 Å². The SMILES string of the molecule is CCCCCCCCC/C=C\CCCCCCCC(=O)OCCCCCCCCCCCCCCCCCCCC(=O)NC(CO)C(O)/C=C/CCCCCCCCCCCCC. The minimum absolute atomic E-state index is 0.00296. The molecule has 1 amide bonds. The number of hydrogen-bond donors (Lipinski definition) is 3. The molecule has 0 aromatic rings. The maximum Gasteiger partial charge on any atom is 0.305 e. The third-order valence-corrected chi connectivity index (χ3v) is 13.0. The molecule has 0 aliphatic rings. The van der Waals surface area contributed by atoms with Crippen LogP contribution >= 0.6 is 0 Å². The first-order valence-corrected chi connectivity index (χ1v) is 28.1. The largest absolute Gasteiger partial charge is 0.466 e. The second kappa shape index (κ2) is 53.0. The number of aliphatic hydroxyl groups is 2. The van der Waals surface area contributed by atoms with Gasteiger partial charge in [-0.2, -0.15) is 0 Å². The average molecular weight is 889 g/mol. The second-order valence-electron chi connectivity index (χ2n) is 19.3. The van der Waals surface area contributed by atoms with Crippen LogP contribution in [0, 0.1) is 0 Å². The summed E-state index contributed by atoms with van der Waals surface area (Å²) >= 11 is 0. The van der Waals surface area contributed by atoms with Crippen LogP contribution in [0.3, 0.4) is 0 Å². The van der Waals surface area contributed by atoms with E-state index in [0.717, 1.165) is 44.9 Å². The van der Waals surface area contributed by atoms with E-state index in [2.05, 4.69) is 31.3 Å². The van der Waals surface area contributed by atoms with Crippen molar-refractivity contribution in [2.75, 3.05) is 13.2 Å². The molecule has 0 aliphatic heterocycles. The molecule has 3 N–H and O–H groups in total. The van der Waals surface area contributed by atoms with Crippen LogP contribution in [0.25, 0.3) is 0 Å². The Bertz CT molecular complexity index is 982. The number of carbonyl (C=O) groups excluding carboxylic acids is 2. The fraction of sp³-hybridized carbons (Fsp3) is 0.895. The van der Waals surface area contributed by atoms with E-state index in [-0.39, 0.29) is 18.5 Å². The number of amides is 1. The summed E-state index contributed by atoms with van der Waals surface area (Å²) in [4.78, 5) is 24.5. The van der Waals surface area contributed by atoms with Crippen molar-refractivity contribution in [3.8, 4) is 0 Å². The van der Waals surface area contributed by atoms with Crippen LogP contribution in [0.2, 0.25) is 0 Å². The first kappa shape index (κ1) is 61.3. The zero-order valence-electron chi connectivity index (χ0n) is 42.3. The molecule has 6 heteroatoms. The van der Waals surface area contributed by atoms with E-state index >= 15 is 0 Å². The van der Waals surface area contributed by atoms with Gasteiger partial charge in [0.2, 0.25) is 5.91 Å². The topological polar surface area (TPSA) is 95.9 Å². The molecule has 0 fully saturated rings. The Kier molecular flexibility index (Phi) is 51.6. The smallest absolute Gasteiger partial charge is 0.305 e. The van der Waals surface area contributed by atoms with Crippen LogP contribution in [-0.2, 0) is 14.3 Å². The summed E-state index contributed by atoms with van der Waals surface area (Å²) in [6, 6.07) is -0.631.